The van der Waals surface area contributed by atoms with Crippen LogP contribution in [0.4, 0.5) is 0 Å². The molecule has 0 amide bonds. The van der Waals surface area contributed by atoms with Crippen LogP contribution >= 0.6 is 11.6 Å². The van der Waals surface area contributed by atoms with E-state index < -0.39 is 0 Å². The van der Waals surface area contributed by atoms with Crippen molar-refractivity contribution in [3.63, 3.8) is 0 Å². The van der Waals surface area contributed by atoms with Gasteiger partial charge in [-0.2, -0.15) is 0 Å². The Morgan fingerprint density at radius 3 is 3.11 bits per heavy atom. The number of nitrogens with one attached hydrogen (secondary N) is 1. The van der Waals surface area contributed by atoms with E-state index >= 15 is 0 Å². The maximum Gasteiger partial charge on any atom is 0.326 e. The molecule has 1 N–H and O–H groups in total. The molecular formula is C14H18ClN3O. The van der Waals surface area contributed by atoms with E-state index in [0.29, 0.717) is 10.9 Å². The third-order valence-corrected chi connectivity index (χ3v) is 4.13. The third kappa shape index (κ3) is 2.55. The minimum Gasteiger partial charge on any atom is -0.306 e. The Labute approximate surface area is 117 Å². The highest BCUT2D eigenvalue weighted by Gasteiger charge is 2.19. The Balaban J connectivity index is 1.92. The average Bonchev–Trinajstić information content (AvgIpc) is 2.65. The number of rotatable bonds is 2. The van der Waals surface area contributed by atoms with Crippen LogP contribution in [-0.2, 0) is 6.54 Å². The summed E-state index contributed by atoms with van der Waals surface area (Å²) in [6.45, 7) is 3.01. The van der Waals surface area contributed by atoms with Gasteiger partial charge in [0.2, 0.25) is 0 Å². The number of aromatic amines is 1. The topological polar surface area (TPSA) is 41.0 Å². The van der Waals surface area contributed by atoms with Crippen molar-refractivity contribution in [2.24, 2.45) is 5.92 Å². The third-order valence-electron chi connectivity index (χ3n) is 3.90. The second-order valence-electron chi connectivity index (χ2n) is 5.47. The predicted octanol–water partition coefficient (Wildman–Crippen LogP) is 2.32. The highest BCUT2D eigenvalue weighted by Crippen LogP contribution is 2.20. The number of halogens is 1. The molecule has 0 aliphatic carbocycles. The number of likely N-dealkylation sites (tertiary alicyclic amines) is 1. The minimum atomic E-state index is -0.0366. The van der Waals surface area contributed by atoms with Crippen LogP contribution in [0.15, 0.2) is 23.0 Å². The van der Waals surface area contributed by atoms with Gasteiger partial charge >= 0.3 is 5.69 Å². The summed E-state index contributed by atoms with van der Waals surface area (Å²) in [7, 11) is 2.14. The number of piperidine rings is 1. The smallest absolute Gasteiger partial charge is 0.306 e. The molecule has 1 aromatic heterocycles. The number of benzene rings is 1. The number of H-pyrrole nitrogens is 1. The normalized spacial score (nSPS) is 21.1. The zero-order valence-electron chi connectivity index (χ0n) is 11.0. The largest absolute Gasteiger partial charge is 0.326 e. The quantitative estimate of drug-likeness (QED) is 0.917. The first-order valence-corrected chi connectivity index (χ1v) is 7.08. The second-order valence-corrected chi connectivity index (χ2v) is 5.91. The van der Waals surface area contributed by atoms with Crippen LogP contribution in [0.3, 0.4) is 0 Å². The fraction of sp³-hybridized carbons (Fsp3) is 0.500. The van der Waals surface area contributed by atoms with Crippen LogP contribution in [0.2, 0.25) is 5.02 Å². The molecule has 1 fully saturated rings. The number of imidazole rings is 1. The summed E-state index contributed by atoms with van der Waals surface area (Å²) in [5.74, 6) is 0.547. The van der Waals surface area contributed by atoms with Crippen molar-refractivity contribution >= 4 is 22.6 Å². The summed E-state index contributed by atoms with van der Waals surface area (Å²) in [5, 5.41) is 0.651. The molecule has 2 aromatic rings. The molecule has 5 heteroatoms. The first-order valence-electron chi connectivity index (χ1n) is 6.70. The average molecular weight is 280 g/mol. The molecule has 0 saturated carbocycles. The SMILES string of the molecule is CN1CCCC(Cn2c(=O)[nH]c3cc(Cl)ccc32)C1. The number of fused-ring (bicyclic) bond motifs is 1. The molecular weight excluding hydrogens is 262 g/mol. The van der Waals surface area contributed by atoms with Crippen molar-refractivity contribution in [3.8, 4) is 0 Å². The Morgan fingerprint density at radius 2 is 2.32 bits per heavy atom. The van der Waals surface area contributed by atoms with Crippen LogP contribution in [0.5, 0.6) is 0 Å². The molecule has 1 aromatic carbocycles. The number of aromatic nitrogens is 2. The lowest BCUT2D eigenvalue weighted by Gasteiger charge is -2.29. The molecule has 1 aliphatic heterocycles. The standard InChI is InChI=1S/C14H18ClN3O/c1-17-6-2-3-10(8-17)9-18-13-5-4-11(15)7-12(13)16-14(18)19/h4-5,7,10H,2-3,6,8-9H2,1H3,(H,16,19). The summed E-state index contributed by atoms with van der Waals surface area (Å²) in [5.41, 5.74) is 1.73. The van der Waals surface area contributed by atoms with E-state index in [4.69, 9.17) is 11.6 Å². The highest BCUT2D eigenvalue weighted by atomic mass is 35.5. The van der Waals surface area contributed by atoms with Gasteiger partial charge in [0.1, 0.15) is 0 Å². The van der Waals surface area contributed by atoms with Crippen molar-refractivity contribution in [2.75, 3.05) is 20.1 Å². The van der Waals surface area contributed by atoms with E-state index in [9.17, 15) is 4.79 Å². The summed E-state index contributed by atoms with van der Waals surface area (Å²) < 4.78 is 1.84. The summed E-state index contributed by atoms with van der Waals surface area (Å²) >= 11 is 5.95. The summed E-state index contributed by atoms with van der Waals surface area (Å²) in [6.07, 6.45) is 2.40. The van der Waals surface area contributed by atoms with Crippen LogP contribution in [0.25, 0.3) is 11.0 Å². The Kier molecular flexibility index (Phi) is 3.37. The minimum absolute atomic E-state index is 0.0366. The van der Waals surface area contributed by atoms with Gasteiger partial charge in [-0.1, -0.05) is 11.6 Å². The van der Waals surface area contributed by atoms with Gasteiger partial charge in [0.05, 0.1) is 11.0 Å². The van der Waals surface area contributed by atoms with Crippen molar-refractivity contribution in [1.29, 1.82) is 0 Å². The van der Waals surface area contributed by atoms with Gasteiger partial charge < -0.3 is 9.88 Å². The van der Waals surface area contributed by atoms with Gasteiger partial charge in [0, 0.05) is 18.1 Å². The first-order chi connectivity index (χ1) is 9.13. The molecule has 1 unspecified atom stereocenters. The van der Waals surface area contributed by atoms with Gasteiger partial charge in [-0.05, 0) is 50.6 Å². The van der Waals surface area contributed by atoms with E-state index in [2.05, 4.69) is 16.9 Å². The number of hydrogen-bond donors (Lipinski definition) is 1. The van der Waals surface area contributed by atoms with E-state index in [0.717, 1.165) is 30.7 Å². The molecule has 1 atom stereocenters. The fourth-order valence-electron chi connectivity index (χ4n) is 3.00. The monoisotopic (exact) mass is 279 g/mol. The maximum atomic E-state index is 12.1. The zero-order valence-corrected chi connectivity index (χ0v) is 11.8. The molecule has 3 rings (SSSR count). The number of nitrogens with zero attached hydrogens (tertiary/aromatic N) is 2. The number of hydrogen-bond acceptors (Lipinski definition) is 2. The first kappa shape index (κ1) is 12.8. The van der Waals surface area contributed by atoms with Crippen molar-refractivity contribution in [1.82, 2.24) is 14.5 Å². The van der Waals surface area contributed by atoms with Crippen LogP contribution in [0.1, 0.15) is 12.8 Å². The van der Waals surface area contributed by atoms with Gasteiger partial charge in [0.25, 0.3) is 0 Å². The van der Waals surface area contributed by atoms with Crippen LogP contribution < -0.4 is 5.69 Å². The molecule has 1 aliphatic rings. The molecule has 0 spiro atoms. The fourth-order valence-corrected chi connectivity index (χ4v) is 3.17. The molecule has 19 heavy (non-hydrogen) atoms. The summed E-state index contributed by atoms with van der Waals surface area (Å²) in [6, 6.07) is 5.56. The Bertz CT molecular complexity index is 646. The maximum absolute atomic E-state index is 12.1. The molecule has 1 saturated heterocycles. The lowest BCUT2D eigenvalue weighted by molar-refractivity contribution is 0.194. The van der Waals surface area contributed by atoms with Crippen LogP contribution in [0, 0.1) is 5.92 Å². The van der Waals surface area contributed by atoms with Gasteiger partial charge in [0.15, 0.2) is 0 Å². The molecule has 102 valence electrons. The molecule has 0 bridgehead atoms. The van der Waals surface area contributed by atoms with Crippen LogP contribution in [-0.4, -0.2) is 34.6 Å². The molecule has 4 nitrogen and oxygen atoms in total. The van der Waals surface area contributed by atoms with E-state index in [-0.39, 0.29) is 5.69 Å². The Hall–Kier alpha value is -1.26. The van der Waals surface area contributed by atoms with Gasteiger partial charge in [-0.25, -0.2) is 4.79 Å². The van der Waals surface area contributed by atoms with Gasteiger partial charge in [-0.3, -0.25) is 4.57 Å². The van der Waals surface area contributed by atoms with Gasteiger partial charge in [-0.15, -0.1) is 0 Å². The second kappa shape index (κ2) is 5.02. The van der Waals surface area contributed by atoms with Crippen molar-refractivity contribution < 1.29 is 0 Å². The van der Waals surface area contributed by atoms with E-state index in [1.54, 1.807) is 0 Å². The predicted molar refractivity (Wildman–Crippen MR) is 77.8 cm³/mol. The molecule has 0 radical (unpaired) electrons. The van der Waals surface area contributed by atoms with E-state index in [1.165, 1.54) is 12.8 Å². The highest BCUT2D eigenvalue weighted by molar-refractivity contribution is 6.31. The van der Waals surface area contributed by atoms with Crippen molar-refractivity contribution in [2.45, 2.75) is 19.4 Å². The lowest BCUT2D eigenvalue weighted by Crippen LogP contribution is -2.35. The van der Waals surface area contributed by atoms with Crippen molar-refractivity contribution in [3.05, 3.63) is 33.7 Å². The van der Waals surface area contributed by atoms with E-state index in [1.807, 2.05) is 22.8 Å². The zero-order chi connectivity index (χ0) is 13.4. The molecule has 2 heterocycles. The summed E-state index contributed by atoms with van der Waals surface area (Å²) in [4.78, 5) is 17.3. The lowest BCUT2D eigenvalue weighted by atomic mass is 9.98. The Morgan fingerprint density at radius 1 is 1.47 bits per heavy atom.